The van der Waals surface area contributed by atoms with Gasteiger partial charge in [0.2, 0.25) is 5.91 Å². The predicted octanol–water partition coefficient (Wildman–Crippen LogP) is 0.694. The first-order valence-corrected chi connectivity index (χ1v) is 7.02. The lowest BCUT2D eigenvalue weighted by atomic mass is 9.78. The topological polar surface area (TPSA) is 49.8 Å². The van der Waals surface area contributed by atoms with Crippen LogP contribution in [0.25, 0.3) is 0 Å². The number of thioether (sulfide) groups is 1. The van der Waals surface area contributed by atoms with Crippen molar-refractivity contribution in [1.29, 1.82) is 0 Å². The van der Waals surface area contributed by atoms with Gasteiger partial charge in [0.15, 0.2) is 0 Å². The summed E-state index contributed by atoms with van der Waals surface area (Å²) in [6, 6.07) is 0.165. The molecule has 2 rings (SSSR count). The number of β-lactam (4-membered cyclic amide) rings is 1. The van der Waals surface area contributed by atoms with Gasteiger partial charge >= 0.3 is 0 Å². The minimum absolute atomic E-state index is 0.0382. The average molecular weight is 245 g/mol. The molecule has 1 amide bonds. The van der Waals surface area contributed by atoms with Crippen LogP contribution in [-0.2, 0) is 9.53 Å². The summed E-state index contributed by atoms with van der Waals surface area (Å²) >= 11 is 1.58. The zero-order valence-electron chi connectivity index (χ0n) is 9.97. The Morgan fingerprint density at radius 2 is 2.38 bits per heavy atom. The first-order chi connectivity index (χ1) is 7.49. The lowest BCUT2D eigenvalue weighted by Gasteiger charge is -2.58. The van der Waals surface area contributed by atoms with Gasteiger partial charge in [0.25, 0.3) is 0 Å². The molecule has 2 aliphatic rings. The van der Waals surface area contributed by atoms with Crippen molar-refractivity contribution >= 4 is 17.7 Å². The second-order valence-corrected chi connectivity index (χ2v) is 5.82. The molecule has 0 saturated carbocycles. The lowest BCUT2D eigenvalue weighted by Crippen LogP contribution is -2.73. The summed E-state index contributed by atoms with van der Waals surface area (Å²) in [7, 11) is 0. The minimum atomic E-state index is -0.516. The minimum Gasteiger partial charge on any atom is -0.391 e. The number of aliphatic hydroxyl groups is 1. The van der Waals surface area contributed by atoms with Crippen molar-refractivity contribution in [1.82, 2.24) is 4.90 Å². The molecule has 3 atom stereocenters. The number of carbonyl (C=O) groups excluding carboxylic acids is 1. The van der Waals surface area contributed by atoms with Gasteiger partial charge in [-0.15, -0.1) is 0 Å². The molecule has 2 saturated heterocycles. The zero-order chi connectivity index (χ0) is 11.9. The fourth-order valence-corrected chi connectivity index (χ4v) is 3.28. The van der Waals surface area contributed by atoms with Crippen LogP contribution in [0.15, 0.2) is 0 Å². The van der Waals surface area contributed by atoms with Crippen LogP contribution < -0.4 is 0 Å². The van der Waals surface area contributed by atoms with Crippen LogP contribution in [0.5, 0.6) is 0 Å². The van der Waals surface area contributed by atoms with E-state index in [1.165, 1.54) is 0 Å². The van der Waals surface area contributed by atoms with E-state index in [0.29, 0.717) is 12.4 Å². The van der Waals surface area contributed by atoms with Crippen molar-refractivity contribution < 1.29 is 14.6 Å². The fraction of sp³-hybridized carbons (Fsp3) is 0.909. The summed E-state index contributed by atoms with van der Waals surface area (Å²) in [6.45, 7) is 4.49. The molecule has 0 aromatic rings. The molecule has 0 bridgehead atoms. The molecule has 1 N–H and O–H groups in total. The first kappa shape index (κ1) is 12.2. The highest BCUT2D eigenvalue weighted by Gasteiger charge is 2.57. The van der Waals surface area contributed by atoms with Crippen molar-refractivity contribution in [3.8, 4) is 0 Å². The molecule has 2 heterocycles. The molecule has 0 spiro atoms. The number of ether oxygens (including phenoxy) is 1. The highest BCUT2D eigenvalue weighted by atomic mass is 32.2. The number of fused-ring (bicyclic) bond motifs is 1. The van der Waals surface area contributed by atoms with Crippen LogP contribution in [0.4, 0.5) is 0 Å². The third kappa shape index (κ3) is 1.75. The molecule has 0 aromatic heterocycles. The average Bonchev–Trinajstić information content (AvgIpc) is 2.15. The van der Waals surface area contributed by atoms with Crippen LogP contribution in [0.1, 0.15) is 20.3 Å². The normalized spacial score (nSPS) is 34.2. The summed E-state index contributed by atoms with van der Waals surface area (Å²) in [5, 5.41) is 9.94. The molecule has 0 radical (unpaired) electrons. The van der Waals surface area contributed by atoms with Crippen molar-refractivity contribution in [3.05, 3.63) is 0 Å². The summed E-state index contributed by atoms with van der Waals surface area (Å²) in [5.41, 5.74) is -0.504. The van der Waals surface area contributed by atoms with Crippen LogP contribution in [-0.4, -0.2) is 52.4 Å². The van der Waals surface area contributed by atoms with Crippen molar-refractivity contribution in [2.45, 2.75) is 38.1 Å². The number of aliphatic hydroxyl groups excluding tert-OH is 1. The molecule has 0 aliphatic carbocycles. The van der Waals surface area contributed by atoms with Crippen molar-refractivity contribution in [3.63, 3.8) is 0 Å². The number of nitrogens with zero attached hydrogens (tertiary/aromatic N) is 1. The molecule has 5 heteroatoms. The number of amides is 1. The Bertz CT molecular complexity index is 295. The molecule has 4 nitrogen and oxygen atoms in total. The van der Waals surface area contributed by atoms with E-state index in [-0.39, 0.29) is 17.9 Å². The number of rotatable bonds is 3. The van der Waals surface area contributed by atoms with E-state index >= 15 is 0 Å². The van der Waals surface area contributed by atoms with Gasteiger partial charge in [0.05, 0.1) is 24.7 Å². The van der Waals surface area contributed by atoms with Crippen LogP contribution in [0.2, 0.25) is 0 Å². The summed E-state index contributed by atoms with van der Waals surface area (Å²) in [5.74, 6) is 0.453. The molecular formula is C11H19NO3S. The van der Waals surface area contributed by atoms with Gasteiger partial charge in [0, 0.05) is 5.75 Å². The largest absolute Gasteiger partial charge is 0.391 e. The highest BCUT2D eigenvalue weighted by molar-refractivity contribution is 7.98. The van der Waals surface area contributed by atoms with Crippen LogP contribution in [0, 0.1) is 5.92 Å². The molecule has 92 valence electrons. The maximum atomic E-state index is 12.0. The third-order valence-electron chi connectivity index (χ3n) is 3.47. The third-order valence-corrected chi connectivity index (χ3v) is 4.14. The quantitative estimate of drug-likeness (QED) is 0.743. The van der Waals surface area contributed by atoms with E-state index in [1.54, 1.807) is 16.7 Å². The number of hydrogen-bond acceptors (Lipinski definition) is 4. The van der Waals surface area contributed by atoms with Gasteiger partial charge < -0.3 is 14.7 Å². The second-order valence-electron chi connectivity index (χ2n) is 4.91. The van der Waals surface area contributed by atoms with Gasteiger partial charge in [-0.3, -0.25) is 4.79 Å². The highest BCUT2D eigenvalue weighted by Crippen LogP contribution is 2.41. The van der Waals surface area contributed by atoms with Gasteiger partial charge in [-0.05, 0) is 26.5 Å². The number of hydrogen-bond donors (Lipinski definition) is 1. The van der Waals surface area contributed by atoms with Crippen molar-refractivity contribution in [2.75, 3.05) is 18.6 Å². The Morgan fingerprint density at radius 3 is 3.00 bits per heavy atom. The standard InChI is InChI=1S/C11H19NO3S/c1-11(2)12-7(4-5-15-11)9(10(12)14)8(13)6-16-3/h7-9,13H,4-6H2,1-3H3/t7-,8+,9-/m1/s1. The van der Waals surface area contributed by atoms with E-state index < -0.39 is 11.8 Å². The fourth-order valence-electron chi connectivity index (χ4n) is 2.73. The zero-order valence-corrected chi connectivity index (χ0v) is 10.8. The molecule has 16 heavy (non-hydrogen) atoms. The van der Waals surface area contributed by atoms with Crippen LogP contribution in [0.3, 0.4) is 0 Å². The van der Waals surface area contributed by atoms with Gasteiger partial charge in [-0.2, -0.15) is 11.8 Å². The Morgan fingerprint density at radius 1 is 1.69 bits per heavy atom. The van der Waals surface area contributed by atoms with E-state index in [2.05, 4.69) is 0 Å². The molecule has 2 fully saturated rings. The summed E-state index contributed by atoms with van der Waals surface area (Å²) < 4.78 is 5.58. The van der Waals surface area contributed by atoms with E-state index in [0.717, 1.165) is 6.42 Å². The van der Waals surface area contributed by atoms with Crippen molar-refractivity contribution in [2.24, 2.45) is 5.92 Å². The lowest BCUT2D eigenvalue weighted by molar-refractivity contribution is -0.240. The molecule has 2 aliphatic heterocycles. The molecular weight excluding hydrogens is 226 g/mol. The monoisotopic (exact) mass is 245 g/mol. The van der Waals surface area contributed by atoms with Gasteiger partial charge in [-0.1, -0.05) is 0 Å². The van der Waals surface area contributed by atoms with E-state index in [1.807, 2.05) is 20.1 Å². The maximum absolute atomic E-state index is 12.0. The summed E-state index contributed by atoms with van der Waals surface area (Å²) in [6.07, 6.45) is 2.27. The summed E-state index contributed by atoms with van der Waals surface area (Å²) in [4.78, 5) is 13.8. The Balaban J connectivity index is 2.08. The second kappa shape index (κ2) is 4.20. The molecule has 0 aromatic carbocycles. The SMILES string of the molecule is CSC[C@H](O)[C@@H]1C(=O)N2[C@@H]1CCOC2(C)C. The van der Waals surface area contributed by atoms with Crippen LogP contribution >= 0.6 is 11.8 Å². The van der Waals surface area contributed by atoms with Gasteiger partial charge in [0.1, 0.15) is 5.72 Å². The van der Waals surface area contributed by atoms with E-state index in [9.17, 15) is 9.90 Å². The Labute approximate surface area is 100 Å². The first-order valence-electron chi connectivity index (χ1n) is 5.63. The number of carbonyl (C=O) groups is 1. The Kier molecular flexibility index (Phi) is 3.20. The van der Waals surface area contributed by atoms with Gasteiger partial charge in [-0.25, -0.2) is 0 Å². The Hall–Kier alpha value is -0.260. The molecule has 0 unspecified atom stereocenters. The smallest absolute Gasteiger partial charge is 0.232 e. The predicted molar refractivity (Wildman–Crippen MR) is 63.2 cm³/mol. The van der Waals surface area contributed by atoms with E-state index in [4.69, 9.17) is 4.74 Å². The maximum Gasteiger partial charge on any atom is 0.232 e.